The maximum absolute atomic E-state index is 11.1. The molecule has 0 aromatic heterocycles. The fourth-order valence-electron chi connectivity index (χ4n) is 1.92. The van der Waals surface area contributed by atoms with Gasteiger partial charge in [-0.2, -0.15) is 0 Å². The van der Waals surface area contributed by atoms with Crippen molar-refractivity contribution in [3.8, 4) is 0 Å². The van der Waals surface area contributed by atoms with E-state index >= 15 is 0 Å². The summed E-state index contributed by atoms with van der Waals surface area (Å²) >= 11 is 0. The van der Waals surface area contributed by atoms with Gasteiger partial charge in [-0.25, -0.2) is 0 Å². The van der Waals surface area contributed by atoms with Gasteiger partial charge in [0, 0.05) is 6.04 Å². The van der Waals surface area contributed by atoms with Gasteiger partial charge in [0.1, 0.15) is 0 Å². The van der Waals surface area contributed by atoms with Gasteiger partial charge >= 0.3 is 5.97 Å². The fourth-order valence-corrected chi connectivity index (χ4v) is 1.92. The van der Waals surface area contributed by atoms with Crippen LogP contribution < -0.4 is 5.73 Å². The number of aryl methyl sites for hydroxylation is 1. The first-order valence-electron chi connectivity index (χ1n) is 6.47. The molecule has 19 heavy (non-hydrogen) atoms. The first-order valence-corrected chi connectivity index (χ1v) is 6.47. The zero-order valence-electron chi connectivity index (χ0n) is 11.8. The Labute approximate surface area is 114 Å². The van der Waals surface area contributed by atoms with Crippen LogP contribution in [0.2, 0.25) is 0 Å². The highest BCUT2D eigenvalue weighted by Gasteiger charge is 2.24. The van der Waals surface area contributed by atoms with E-state index in [2.05, 4.69) is 4.74 Å². The summed E-state index contributed by atoms with van der Waals surface area (Å²) in [6.07, 6.45) is 1.25. The van der Waals surface area contributed by atoms with Gasteiger partial charge in [0.05, 0.1) is 19.1 Å². The molecular weight excluding hydrogens is 242 g/mol. The SMILES string of the molecule is COC(=O)CC(N)CCC(C)(O)c1ccc(C)cc1. The molecule has 0 spiro atoms. The van der Waals surface area contributed by atoms with Crippen molar-refractivity contribution in [3.05, 3.63) is 35.4 Å². The molecular formula is C15H23NO3. The number of carbonyl (C=O) groups is 1. The average Bonchev–Trinajstić information content (AvgIpc) is 2.37. The first-order chi connectivity index (χ1) is 8.85. The van der Waals surface area contributed by atoms with E-state index in [1.165, 1.54) is 7.11 Å². The van der Waals surface area contributed by atoms with Crippen LogP contribution in [0, 0.1) is 6.92 Å². The van der Waals surface area contributed by atoms with E-state index in [1.807, 2.05) is 31.2 Å². The molecule has 0 aliphatic heterocycles. The summed E-state index contributed by atoms with van der Waals surface area (Å²) in [6.45, 7) is 3.77. The van der Waals surface area contributed by atoms with Gasteiger partial charge < -0.3 is 15.6 Å². The van der Waals surface area contributed by atoms with Gasteiger partial charge in [-0.05, 0) is 32.3 Å². The molecule has 0 fully saturated rings. The van der Waals surface area contributed by atoms with Crippen molar-refractivity contribution in [2.45, 2.75) is 44.8 Å². The van der Waals surface area contributed by atoms with Crippen LogP contribution in [-0.4, -0.2) is 24.2 Å². The van der Waals surface area contributed by atoms with Crippen LogP contribution in [0.3, 0.4) is 0 Å². The largest absolute Gasteiger partial charge is 0.469 e. The standard InChI is InChI=1S/C15H23NO3/c1-11-4-6-12(7-5-11)15(2,18)9-8-13(16)10-14(17)19-3/h4-7,13,18H,8-10,16H2,1-3H3. The zero-order valence-corrected chi connectivity index (χ0v) is 11.8. The van der Waals surface area contributed by atoms with Crippen LogP contribution in [0.5, 0.6) is 0 Å². The number of esters is 1. The van der Waals surface area contributed by atoms with Gasteiger partial charge in [-0.15, -0.1) is 0 Å². The Morgan fingerprint density at radius 3 is 2.53 bits per heavy atom. The smallest absolute Gasteiger partial charge is 0.307 e. The molecule has 0 bridgehead atoms. The summed E-state index contributed by atoms with van der Waals surface area (Å²) in [7, 11) is 1.34. The second kappa shape index (κ2) is 6.68. The molecule has 0 aliphatic carbocycles. The van der Waals surface area contributed by atoms with Crippen molar-refractivity contribution in [2.75, 3.05) is 7.11 Å². The number of hydrogen-bond acceptors (Lipinski definition) is 4. The summed E-state index contributed by atoms with van der Waals surface area (Å²) in [4.78, 5) is 11.1. The second-order valence-electron chi connectivity index (χ2n) is 5.22. The lowest BCUT2D eigenvalue weighted by Gasteiger charge is -2.25. The van der Waals surface area contributed by atoms with Crippen molar-refractivity contribution in [1.29, 1.82) is 0 Å². The number of hydrogen-bond donors (Lipinski definition) is 2. The lowest BCUT2D eigenvalue weighted by molar-refractivity contribution is -0.141. The first kappa shape index (κ1) is 15.7. The molecule has 1 aromatic rings. The van der Waals surface area contributed by atoms with Crippen LogP contribution in [0.4, 0.5) is 0 Å². The van der Waals surface area contributed by atoms with E-state index in [0.717, 1.165) is 11.1 Å². The third kappa shape index (κ3) is 5.01. The molecule has 1 rings (SSSR count). The third-order valence-electron chi connectivity index (χ3n) is 3.33. The van der Waals surface area contributed by atoms with Gasteiger partial charge in [-0.1, -0.05) is 29.8 Å². The van der Waals surface area contributed by atoms with Crippen molar-refractivity contribution < 1.29 is 14.6 Å². The van der Waals surface area contributed by atoms with Crippen LogP contribution in [0.15, 0.2) is 24.3 Å². The predicted octanol–water partition coefficient (Wildman–Crippen LogP) is 1.87. The Balaban J connectivity index is 2.55. The number of rotatable bonds is 6. The van der Waals surface area contributed by atoms with Gasteiger partial charge in [-0.3, -0.25) is 4.79 Å². The highest BCUT2D eigenvalue weighted by Crippen LogP contribution is 2.26. The lowest BCUT2D eigenvalue weighted by atomic mass is 9.89. The second-order valence-corrected chi connectivity index (χ2v) is 5.22. The van der Waals surface area contributed by atoms with E-state index in [9.17, 15) is 9.90 Å². The zero-order chi connectivity index (χ0) is 14.5. The van der Waals surface area contributed by atoms with E-state index in [0.29, 0.717) is 12.8 Å². The molecule has 2 atom stereocenters. The molecule has 0 heterocycles. The molecule has 0 saturated heterocycles. The Bertz CT molecular complexity index is 412. The highest BCUT2D eigenvalue weighted by molar-refractivity contribution is 5.69. The van der Waals surface area contributed by atoms with Crippen molar-refractivity contribution in [1.82, 2.24) is 0 Å². The molecule has 0 saturated carbocycles. The predicted molar refractivity (Wildman–Crippen MR) is 74.6 cm³/mol. The molecule has 0 amide bonds. The topological polar surface area (TPSA) is 72.5 Å². The van der Waals surface area contributed by atoms with Gasteiger partial charge in [0.25, 0.3) is 0 Å². The molecule has 106 valence electrons. The van der Waals surface area contributed by atoms with E-state index in [-0.39, 0.29) is 18.4 Å². The summed E-state index contributed by atoms with van der Waals surface area (Å²) < 4.78 is 4.57. The van der Waals surface area contributed by atoms with Crippen LogP contribution in [-0.2, 0) is 15.1 Å². The number of ether oxygens (including phenoxy) is 1. The number of nitrogens with two attached hydrogens (primary N) is 1. The Hall–Kier alpha value is -1.39. The van der Waals surface area contributed by atoms with Crippen LogP contribution >= 0.6 is 0 Å². The molecule has 1 aromatic carbocycles. The quantitative estimate of drug-likeness (QED) is 0.770. The molecule has 4 heteroatoms. The Morgan fingerprint density at radius 2 is 2.00 bits per heavy atom. The third-order valence-corrected chi connectivity index (χ3v) is 3.33. The number of benzene rings is 1. The number of aliphatic hydroxyl groups is 1. The maximum Gasteiger partial charge on any atom is 0.307 e. The highest BCUT2D eigenvalue weighted by atomic mass is 16.5. The summed E-state index contributed by atoms with van der Waals surface area (Å²) in [5.41, 5.74) is 6.94. The Morgan fingerprint density at radius 1 is 1.42 bits per heavy atom. The van der Waals surface area contributed by atoms with E-state index in [1.54, 1.807) is 6.92 Å². The van der Waals surface area contributed by atoms with Gasteiger partial charge in [0.2, 0.25) is 0 Å². The monoisotopic (exact) mass is 265 g/mol. The van der Waals surface area contributed by atoms with Crippen molar-refractivity contribution in [2.24, 2.45) is 5.73 Å². The molecule has 0 radical (unpaired) electrons. The van der Waals surface area contributed by atoms with E-state index in [4.69, 9.17) is 5.73 Å². The van der Waals surface area contributed by atoms with Crippen molar-refractivity contribution >= 4 is 5.97 Å². The van der Waals surface area contributed by atoms with Crippen molar-refractivity contribution in [3.63, 3.8) is 0 Å². The summed E-state index contributed by atoms with van der Waals surface area (Å²) in [5, 5.41) is 10.4. The summed E-state index contributed by atoms with van der Waals surface area (Å²) in [5.74, 6) is -0.317. The molecule has 0 aliphatic rings. The van der Waals surface area contributed by atoms with Gasteiger partial charge in [0.15, 0.2) is 0 Å². The average molecular weight is 265 g/mol. The Kier molecular flexibility index (Phi) is 5.51. The normalized spacial score (nSPS) is 15.6. The molecule has 2 unspecified atom stereocenters. The minimum Gasteiger partial charge on any atom is -0.469 e. The lowest BCUT2D eigenvalue weighted by Crippen LogP contribution is -2.29. The molecule has 4 nitrogen and oxygen atoms in total. The molecule has 3 N–H and O–H groups in total. The summed E-state index contributed by atoms with van der Waals surface area (Å²) in [6, 6.07) is 7.49. The van der Waals surface area contributed by atoms with Crippen LogP contribution in [0.25, 0.3) is 0 Å². The number of methoxy groups -OCH3 is 1. The minimum atomic E-state index is -0.929. The fraction of sp³-hybridized carbons (Fsp3) is 0.533. The number of carbonyl (C=O) groups excluding carboxylic acids is 1. The minimum absolute atomic E-state index is 0.181. The van der Waals surface area contributed by atoms with Crippen LogP contribution in [0.1, 0.15) is 37.3 Å². The van der Waals surface area contributed by atoms with E-state index < -0.39 is 5.60 Å². The maximum atomic E-state index is 11.1.